The quantitative estimate of drug-likeness (QED) is 0.710. The van der Waals surface area contributed by atoms with Crippen molar-refractivity contribution in [2.75, 3.05) is 0 Å². The first kappa shape index (κ1) is 19.2. The number of carbonyl (C=O) groups is 1. The summed E-state index contributed by atoms with van der Waals surface area (Å²) in [5.74, 6) is 0. The highest BCUT2D eigenvalue weighted by molar-refractivity contribution is 6.30. The number of aromatic nitrogens is 3. The lowest BCUT2D eigenvalue weighted by molar-refractivity contribution is 0.112. The summed E-state index contributed by atoms with van der Waals surface area (Å²) in [7, 11) is 0. The Bertz CT molecular complexity index is 1130. The standard InChI is InChI=1S/C21H20ClN5O2/c1-12(2)29-21(28)26-14-8-16-15-7-13(10-23)3-4-18(15)27(19(16)9-14)11-17-20(22)25-6-5-24-17/h3-7,12,14H,8-9,11H2,1-2H3,(H,26,28)/t14-/m0/s1. The minimum atomic E-state index is -0.416. The molecule has 0 unspecified atom stereocenters. The fraction of sp³-hybridized carbons (Fsp3) is 0.333. The highest BCUT2D eigenvalue weighted by Gasteiger charge is 2.30. The van der Waals surface area contributed by atoms with Gasteiger partial charge < -0.3 is 14.6 Å². The lowest BCUT2D eigenvalue weighted by Gasteiger charge is -2.16. The molecule has 0 bridgehead atoms. The molecule has 0 saturated heterocycles. The van der Waals surface area contributed by atoms with E-state index < -0.39 is 6.09 Å². The number of benzene rings is 1. The number of carbonyl (C=O) groups excluding carboxylic acids is 1. The van der Waals surface area contributed by atoms with Gasteiger partial charge in [0.1, 0.15) is 0 Å². The van der Waals surface area contributed by atoms with Crippen LogP contribution in [0.3, 0.4) is 0 Å². The topological polar surface area (TPSA) is 92.8 Å². The van der Waals surface area contributed by atoms with Crippen LogP contribution in [0.1, 0.15) is 36.4 Å². The highest BCUT2D eigenvalue weighted by Crippen LogP contribution is 2.34. The van der Waals surface area contributed by atoms with Gasteiger partial charge in [-0.15, -0.1) is 0 Å². The normalized spacial score (nSPS) is 15.3. The van der Waals surface area contributed by atoms with Gasteiger partial charge in [0, 0.05) is 41.5 Å². The second-order valence-electron chi connectivity index (χ2n) is 7.35. The number of amides is 1. The Kier molecular flexibility index (Phi) is 5.12. The van der Waals surface area contributed by atoms with Gasteiger partial charge in [-0.1, -0.05) is 11.6 Å². The summed E-state index contributed by atoms with van der Waals surface area (Å²) in [5.41, 5.74) is 4.53. The van der Waals surface area contributed by atoms with Crippen molar-refractivity contribution in [3.63, 3.8) is 0 Å². The molecule has 1 aliphatic rings. The Hall–Kier alpha value is -3.11. The summed E-state index contributed by atoms with van der Waals surface area (Å²) in [6.45, 7) is 4.10. The molecule has 0 fully saturated rings. The van der Waals surface area contributed by atoms with E-state index in [2.05, 4.69) is 25.9 Å². The van der Waals surface area contributed by atoms with Gasteiger partial charge in [0.15, 0.2) is 5.15 Å². The molecule has 148 valence electrons. The smallest absolute Gasteiger partial charge is 0.407 e. The first-order valence-electron chi connectivity index (χ1n) is 9.43. The summed E-state index contributed by atoms with van der Waals surface area (Å²) in [4.78, 5) is 20.5. The van der Waals surface area contributed by atoms with Crippen molar-refractivity contribution in [2.24, 2.45) is 0 Å². The van der Waals surface area contributed by atoms with Gasteiger partial charge in [-0.25, -0.2) is 9.78 Å². The monoisotopic (exact) mass is 409 g/mol. The zero-order chi connectivity index (χ0) is 20.5. The van der Waals surface area contributed by atoms with E-state index in [1.165, 1.54) is 0 Å². The van der Waals surface area contributed by atoms with Crippen molar-refractivity contribution in [3.8, 4) is 6.07 Å². The van der Waals surface area contributed by atoms with Crippen LogP contribution in [0.5, 0.6) is 0 Å². The third kappa shape index (κ3) is 3.76. The van der Waals surface area contributed by atoms with E-state index in [4.69, 9.17) is 16.3 Å². The van der Waals surface area contributed by atoms with Crippen molar-refractivity contribution in [1.29, 1.82) is 5.26 Å². The summed E-state index contributed by atoms with van der Waals surface area (Å²) in [5, 5.41) is 13.6. The third-order valence-corrected chi connectivity index (χ3v) is 5.32. The van der Waals surface area contributed by atoms with E-state index in [9.17, 15) is 10.1 Å². The molecule has 7 nitrogen and oxygen atoms in total. The zero-order valence-electron chi connectivity index (χ0n) is 16.1. The number of rotatable bonds is 4. The van der Waals surface area contributed by atoms with E-state index in [1.54, 1.807) is 12.4 Å². The van der Waals surface area contributed by atoms with Crippen molar-refractivity contribution in [3.05, 3.63) is 58.3 Å². The van der Waals surface area contributed by atoms with Gasteiger partial charge in [0.25, 0.3) is 0 Å². The van der Waals surface area contributed by atoms with Crippen LogP contribution < -0.4 is 5.32 Å². The average Bonchev–Trinajstić information content (AvgIpc) is 3.20. The largest absolute Gasteiger partial charge is 0.447 e. The number of fused-ring (bicyclic) bond motifs is 3. The first-order valence-corrected chi connectivity index (χ1v) is 9.80. The number of nitrogens with zero attached hydrogens (tertiary/aromatic N) is 4. The Balaban J connectivity index is 1.72. The van der Waals surface area contributed by atoms with Crippen LogP contribution in [0.4, 0.5) is 4.79 Å². The van der Waals surface area contributed by atoms with Gasteiger partial charge >= 0.3 is 6.09 Å². The maximum absolute atomic E-state index is 12.0. The molecular formula is C21H20ClN5O2. The number of halogens is 1. The second kappa shape index (κ2) is 7.72. The number of alkyl carbamates (subject to hydrolysis) is 1. The van der Waals surface area contributed by atoms with Gasteiger partial charge in [0.05, 0.1) is 30.0 Å². The molecule has 3 aromatic rings. The molecule has 0 radical (unpaired) electrons. The van der Waals surface area contributed by atoms with Crippen molar-refractivity contribution < 1.29 is 9.53 Å². The van der Waals surface area contributed by atoms with Gasteiger partial charge in [-0.05, 0) is 44.0 Å². The number of ether oxygens (including phenoxy) is 1. The fourth-order valence-electron chi connectivity index (χ4n) is 3.86. The maximum atomic E-state index is 12.0. The van der Waals surface area contributed by atoms with Gasteiger partial charge in [-0.3, -0.25) is 4.98 Å². The molecular weight excluding hydrogens is 390 g/mol. The molecule has 2 aromatic heterocycles. The Morgan fingerprint density at radius 2 is 2.17 bits per heavy atom. The van der Waals surface area contributed by atoms with Crippen LogP contribution in [0.2, 0.25) is 5.15 Å². The number of hydrogen-bond acceptors (Lipinski definition) is 5. The summed E-state index contributed by atoms with van der Waals surface area (Å²) in [6, 6.07) is 7.79. The highest BCUT2D eigenvalue weighted by atomic mass is 35.5. The van der Waals surface area contributed by atoms with Crippen LogP contribution in [-0.4, -0.2) is 32.8 Å². The summed E-state index contributed by atoms with van der Waals surface area (Å²) < 4.78 is 7.37. The van der Waals surface area contributed by atoms with E-state index in [1.807, 2.05) is 32.0 Å². The van der Waals surface area contributed by atoms with E-state index in [-0.39, 0.29) is 12.1 Å². The van der Waals surface area contributed by atoms with Crippen LogP contribution in [0, 0.1) is 11.3 Å². The molecule has 1 aliphatic carbocycles. The van der Waals surface area contributed by atoms with Crippen LogP contribution in [-0.2, 0) is 24.1 Å². The van der Waals surface area contributed by atoms with Crippen molar-refractivity contribution in [2.45, 2.75) is 45.4 Å². The zero-order valence-corrected chi connectivity index (χ0v) is 16.9. The molecule has 0 spiro atoms. The maximum Gasteiger partial charge on any atom is 0.407 e. The molecule has 0 aliphatic heterocycles. The molecule has 2 heterocycles. The minimum absolute atomic E-state index is 0.0648. The molecule has 29 heavy (non-hydrogen) atoms. The van der Waals surface area contributed by atoms with Crippen LogP contribution in [0.15, 0.2) is 30.6 Å². The Labute approximate surface area is 173 Å². The lowest BCUT2D eigenvalue weighted by atomic mass is 10.1. The molecule has 1 aromatic carbocycles. The minimum Gasteiger partial charge on any atom is -0.447 e. The second-order valence-corrected chi connectivity index (χ2v) is 7.71. The average molecular weight is 410 g/mol. The van der Waals surface area contributed by atoms with E-state index in [0.717, 1.165) is 22.2 Å². The molecule has 4 rings (SSSR count). The predicted octanol–water partition coefficient (Wildman–Crippen LogP) is 3.61. The first-order chi connectivity index (χ1) is 14.0. The number of hydrogen-bond donors (Lipinski definition) is 1. The lowest BCUT2D eigenvalue weighted by Crippen LogP contribution is -2.37. The van der Waals surface area contributed by atoms with E-state index >= 15 is 0 Å². The molecule has 1 atom stereocenters. The van der Waals surface area contributed by atoms with Crippen LogP contribution in [0.25, 0.3) is 10.9 Å². The molecule has 0 saturated carbocycles. The van der Waals surface area contributed by atoms with Crippen molar-refractivity contribution in [1.82, 2.24) is 19.9 Å². The fourth-order valence-corrected chi connectivity index (χ4v) is 4.03. The SMILES string of the molecule is CC(C)OC(=O)N[C@H]1Cc2c(n(Cc3nccnc3Cl)c3ccc(C#N)cc23)C1. The predicted molar refractivity (Wildman–Crippen MR) is 109 cm³/mol. The van der Waals surface area contributed by atoms with Crippen LogP contribution >= 0.6 is 11.6 Å². The van der Waals surface area contributed by atoms with Gasteiger partial charge in [0.2, 0.25) is 0 Å². The molecule has 1 amide bonds. The summed E-state index contributed by atoms with van der Waals surface area (Å²) in [6.07, 6.45) is 3.93. The third-order valence-electron chi connectivity index (χ3n) is 5.00. The Morgan fingerprint density at radius 3 is 2.90 bits per heavy atom. The molecule has 8 heteroatoms. The Morgan fingerprint density at radius 1 is 1.38 bits per heavy atom. The van der Waals surface area contributed by atoms with Gasteiger partial charge in [-0.2, -0.15) is 5.26 Å². The van der Waals surface area contributed by atoms with Crippen molar-refractivity contribution >= 4 is 28.6 Å². The number of nitrogens with one attached hydrogen (secondary N) is 1. The summed E-state index contributed by atoms with van der Waals surface area (Å²) >= 11 is 6.23. The van der Waals surface area contributed by atoms with E-state index in [0.29, 0.717) is 35.8 Å². The molecule has 1 N–H and O–H groups in total. The number of nitriles is 1.